The fourth-order valence-corrected chi connectivity index (χ4v) is 4.81. The second-order valence-corrected chi connectivity index (χ2v) is 8.31. The monoisotopic (exact) mass is 396 g/mol. The summed E-state index contributed by atoms with van der Waals surface area (Å²) in [4.78, 5) is 29.0. The SMILES string of the molecule is CC(=O)N1C[C@H]2CN(C(=O)CCc3ccc(Cl)cc3)[C@H](c3ccccc3)[C@H]2C1. The van der Waals surface area contributed by atoms with Gasteiger partial charge in [-0.05, 0) is 29.7 Å². The van der Waals surface area contributed by atoms with Crippen LogP contribution in [0.2, 0.25) is 5.02 Å². The van der Waals surface area contributed by atoms with E-state index in [1.165, 1.54) is 5.56 Å². The summed E-state index contributed by atoms with van der Waals surface area (Å²) in [6, 6.07) is 18.0. The molecule has 4 nitrogen and oxygen atoms in total. The summed E-state index contributed by atoms with van der Waals surface area (Å²) in [7, 11) is 0. The first-order chi connectivity index (χ1) is 13.5. The van der Waals surface area contributed by atoms with Gasteiger partial charge in [-0.25, -0.2) is 0 Å². The summed E-state index contributed by atoms with van der Waals surface area (Å²) in [6.07, 6.45) is 1.20. The lowest BCUT2D eigenvalue weighted by Crippen LogP contribution is -2.36. The highest BCUT2D eigenvalue weighted by Gasteiger charge is 2.49. The molecular weight excluding hydrogens is 372 g/mol. The molecule has 0 bridgehead atoms. The average Bonchev–Trinajstić information content (AvgIpc) is 3.26. The molecule has 0 aliphatic carbocycles. The number of rotatable bonds is 4. The topological polar surface area (TPSA) is 40.6 Å². The van der Waals surface area contributed by atoms with E-state index in [2.05, 4.69) is 17.0 Å². The predicted octanol–water partition coefficient (Wildman–Crippen LogP) is 3.95. The fourth-order valence-electron chi connectivity index (χ4n) is 4.68. The van der Waals surface area contributed by atoms with E-state index >= 15 is 0 Å². The summed E-state index contributed by atoms with van der Waals surface area (Å²) >= 11 is 5.95. The molecule has 0 aromatic heterocycles. The van der Waals surface area contributed by atoms with Crippen molar-refractivity contribution in [2.45, 2.75) is 25.8 Å². The molecule has 0 spiro atoms. The van der Waals surface area contributed by atoms with E-state index < -0.39 is 0 Å². The molecule has 28 heavy (non-hydrogen) atoms. The van der Waals surface area contributed by atoms with E-state index in [0.717, 1.165) is 25.2 Å². The van der Waals surface area contributed by atoms with Crippen molar-refractivity contribution in [1.82, 2.24) is 9.80 Å². The van der Waals surface area contributed by atoms with E-state index in [1.54, 1.807) is 6.92 Å². The van der Waals surface area contributed by atoms with E-state index in [0.29, 0.717) is 29.7 Å². The Bertz CT molecular complexity index is 853. The fraction of sp³-hybridized carbons (Fsp3) is 0.391. The lowest BCUT2D eigenvalue weighted by Gasteiger charge is -2.30. The molecule has 0 unspecified atom stereocenters. The zero-order chi connectivity index (χ0) is 19.7. The molecule has 2 aliphatic rings. The molecule has 0 N–H and O–H groups in total. The predicted molar refractivity (Wildman–Crippen MR) is 110 cm³/mol. The van der Waals surface area contributed by atoms with Gasteiger partial charge in [0.1, 0.15) is 0 Å². The van der Waals surface area contributed by atoms with Gasteiger partial charge in [0.05, 0.1) is 6.04 Å². The first-order valence-electron chi connectivity index (χ1n) is 9.87. The van der Waals surface area contributed by atoms with Crippen LogP contribution < -0.4 is 0 Å². The molecule has 0 saturated carbocycles. The highest BCUT2D eigenvalue weighted by molar-refractivity contribution is 6.30. The number of fused-ring (bicyclic) bond motifs is 1. The molecule has 2 heterocycles. The average molecular weight is 397 g/mol. The van der Waals surface area contributed by atoms with Crippen LogP contribution in [0.1, 0.15) is 30.5 Å². The molecule has 2 aromatic carbocycles. The molecule has 2 amide bonds. The number of benzene rings is 2. The Balaban J connectivity index is 1.51. The number of carbonyl (C=O) groups is 2. The zero-order valence-corrected chi connectivity index (χ0v) is 16.8. The number of halogens is 1. The van der Waals surface area contributed by atoms with Crippen molar-refractivity contribution in [1.29, 1.82) is 0 Å². The smallest absolute Gasteiger partial charge is 0.223 e. The van der Waals surface area contributed by atoms with E-state index in [1.807, 2.05) is 47.4 Å². The van der Waals surface area contributed by atoms with Crippen LogP contribution in [0.5, 0.6) is 0 Å². The van der Waals surface area contributed by atoms with Crippen molar-refractivity contribution in [3.05, 3.63) is 70.7 Å². The van der Waals surface area contributed by atoms with Crippen LogP contribution in [0.3, 0.4) is 0 Å². The van der Waals surface area contributed by atoms with Gasteiger partial charge in [0.25, 0.3) is 0 Å². The van der Waals surface area contributed by atoms with Crippen molar-refractivity contribution >= 4 is 23.4 Å². The van der Waals surface area contributed by atoms with Gasteiger partial charge >= 0.3 is 0 Å². The maximum atomic E-state index is 13.1. The van der Waals surface area contributed by atoms with E-state index in [4.69, 9.17) is 11.6 Å². The van der Waals surface area contributed by atoms with Crippen LogP contribution in [0.4, 0.5) is 0 Å². The van der Waals surface area contributed by atoms with Crippen LogP contribution >= 0.6 is 11.6 Å². The van der Waals surface area contributed by atoms with Crippen LogP contribution in [0, 0.1) is 11.8 Å². The molecule has 2 fully saturated rings. The van der Waals surface area contributed by atoms with Gasteiger partial charge in [-0.2, -0.15) is 0 Å². The highest BCUT2D eigenvalue weighted by atomic mass is 35.5. The maximum Gasteiger partial charge on any atom is 0.223 e. The molecule has 4 rings (SSSR count). The molecule has 0 radical (unpaired) electrons. The minimum atomic E-state index is 0.0493. The number of hydrogen-bond donors (Lipinski definition) is 0. The summed E-state index contributed by atoms with van der Waals surface area (Å²) in [5.41, 5.74) is 2.29. The standard InChI is InChI=1S/C23H25ClN2O2/c1-16(27)25-13-19-14-26(22(28)12-9-17-7-10-20(24)11-8-17)23(21(19)15-25)18-5-3-2-4-6-18/h2-8,10-11,19,21,23H,9,12-15H2,1H3/t19-,21-,23+/m0/s1. The van der Waals surface area contributed by atoms with Gasteiger partial charge in [0.15, 0.2) is 0 Å². The Morgan fingerprint density at radius 2 is 1.71 bits per heavy atom. The maximum absolute atomic E-state index is 13.1. The van der Waals surface area contributed by atoms with Gasteiger partial charge < -0.3 is 9.80 Å². The Morgan fingerprint density at radius 1 is 1.00 bits per heavy atom. The summed E-state index contributed by atoms with van der Waals surface area (Å²) in [5.74, 6) is 0.980. The molecule has 2 aliphatic heterocycles. The van der Waals surface area contributed by atoms with Crippen molar-refractivity contribution < 1.29 is 9.59 Å². The van der Waals surface area contributed by atoms with Crippen molar-refractivity contribution in [3.8, 4) is 0 Å². The van der Waals surface area contributed by atoms with Gasteiger partial charge in [-0.1, -0.05) is 54.1 Å². The second-order valence-electron chi connectivity index (χ2n) is 7.88. The third-order valence-electron chi connectivity index (χ3n) is 6.11. The highest BCUT2D eigenvalue weighted by Crippen LogP contribution is 2.45. The molecule has 146 valence electrons. The van der Waals surface area contributed by atoms with Crippen molar-refractivity contribution in [3.63, 3.8) is 0 Å². The second kappa shape index (κ2) is 7.96. The lowest BCUT2D eigenvalue weighted by molar-refractivity contribution is -0.133. The Morgan fingerprint density at radius 3 is 2.39 bits per heavy atom. The Hall–Kier alpha value is -2.33. The van der Waals surface area contributed by atoms with Gasteiger partial charge in [-0.3, -0.25) is 9.59 Å². The molecule has 5 heteroatoms. The van der Waals surface area contributed by atoms with Crippen molar-refractivity contribution in [2.75, 3.05) is 19.6 Å². The minimum Gasteiger partial charge on any atom is -0.342 e. The number of likely N-dealkylation sites (tertiary alicyclic amines) is 2. The molecule has 2 aromatic rings. The van der Waals surface area contributed by atoms with Crippen LogP contribution in [0.15, 0.2) is 54.6 Å². The normalized spacial score (nSPS) is 23.7. The number of amides is 2. The molecule has 2 saturated heterocycles. The molecular formula is C23H25ClN2O2. The molecule has 3 atom stereocenters. The lowest BCUT2D eigenvalue weighted by atomic mass is 9.89. The summed E-state index contributed by atoms with van der Waals surface area (Å²) in [6.45, 7) is 3.85. The Labute approximate surface area is 171 Å². The number of hydrogen-bond acceptors (Lipinski definition) is 2. The Kier molecular flexibility index (Phi) is 5.40. The first kappa shape index (κ1) is 19.0. The first-order valence-corrected chi connectivity index (χ1v) is 10.2. The zero-order valence-electron chi connectivity index (χ0n) is 16.1. The summed E-state index contributed by atoms with van der Waals surface area (Å²) < 4.78 is 0. The summed E-state index contributed by atoms with van der Waals surface area (Å²) in [5, 5.41) is 0.710. The van der Waals surface area contributed by atoms with Gasteiger partial charge in [-0.15, -0.1) is 0 Å². The quantitative estimate of drug-likeness (QED) is 0.785. The van der Waals surface area contributed by atoms with Crippen LogP contribution in [-0.4, -0.2) is 41.2 Å². The van der Waals surface area contributed by atoms with Gasteiger partial charge in [0.2, 0.25) is 11.8 Å². The van der Waals surface area contributed by atoms with Gasteiger partial charge in [0, 0.05) is 49.8 Å². The van der Waals surface area contributed by atoms with Crippen LogP contribution in [0.25, 0.3) is 0 Å². The third kappa shape index (κ3) is 3.79. The number of nitrogens with zero attached hydrogens (tertiary/aromatic N) is 2. The minimum absolute atomic E-state index is 0.0493. The van der Waals surface area contributed by atoms with Crippen LogP contribution in [-0.2, 0) is 16.0 Å². The van der Waals surface area contributed by atoms with Crippen molar-refractivity contribution in [2.24, 2.45) is 11.8 Å². The number of aryl methyl sites for hydroxylation is 1. The largest absolute Gasteiger partial charge is 0.342 e. The van der Waals surface area contributed by atoms with E-state index in [9.17, 15) is 9.59 Å². The third-order valence-corrected chi connectivity index (χ3v) is 6.36. The van der Waals surface area contributed by atoms with E-state index in [-0.39, 0.29) is 17.9 Å². The number of carbonyl (C=O) groups excluding carboxylic acids is 2.